The van der Waals surface area contributed by atoms with E-state index in [-0.39, 0.29) is 43.0 Å². The molecular weight excluding hydrogens is 678 g/mol. The molecule has 7 rings (SSSR count). The highest BCUT2D eigenvalue weighted by molar-refractivity contribution is 6.30. The summed E-state index contributed by atoms with van der Waals surface area (Å²) < 4.78 is 29.7. The van der Waals surface area contributed by atoms with Crippen molar-refractivity contribution in [1.82, 2.24) is 9.55 Å². The molecule has 0 unspecified atom stereocenters. The lowest BCUT2D eigenvalue weighted by Crippen LogP contribution is -2.14. The third-order valence-electron chi connectivity index (χ3n) is 8.55. The van der Waals surface area contributed by atoms with Crippen molar-refractivity contribution in [2.24, 2.45) is 4.99 Å². The number of nitrogens with one attached hydrogen (secondary N) is 1. The number of aromatic nitrogens is 2. The third kappa shape index (κ3) is 7.38. The van der Waals surface area contributed by atoms with E-state index in [9.17, 15) is 9.90 Å². The molecule has 0 bridgehead atoms. The molecule has 1 aliphatic carbocycles. The quantitative estimate of drug-likeness (QED) is 0.166. The number of fused-ring (bicyclic) bond motifs is 1. The maximum Gasteiger partial charge on any atom is 0.335 e. The lowest BCUT2D eigenvalue weighted by atomic mass is 9.94. The minimum atomic E-state index is -1.02. The number of nitrogens with zero attached hydrogens (tertiary/aromatic N) is 3. The Bertz CT molecular complexity index is 1960. The largest absolute Gasteiger partial charge is 0.489 e. The molecule has 250 valence electrons. The molecular formula is C36H34Cl3FN4O4. The van der Waals surface area contributed by atoms with Gasteiger partial charge in [-0.15, -0.1) is 24.8 Å². The average Bonchev–Trinajstić information content (AvgIpc) is 3.72. The zero-order chi connectivity index (χ0) is 31.6. The van der Waals surface area contributed by atoms with Crippen molar-refractivity contribution in [2.45, 2.75) is 44.8 Å². The minimum absolute atomic E-state index is 0. The molecule has 4 aromatic carbocycles. The summed E-state index contributed by atoms with van der Waals surface area (Å²) in [5.41, 5.74) is 5.44. The summed E-state index contributed by atoms with van der Waals surface area (Å²) >= 11 is 6.14. The van der Waals surface area contributed by atoms with Crippen molar-refractivity contribution < 1.29 is 23.8 Å². The molecule has 1 saturated carbocycles. The Kier molecular flexibility index (Phi) is 11.1. The van der Waals surface area contributed by atoms with Gasteiger partial charge >= 0.3 is 5.97 Å². The number of carbonyl (C=O) groups is 1. The lowest BCUT2D eigenvalue weighted by molar-refractivity contribution is 0.0697. The third-order valence-corrected chi connectivity index (χ3v) is 8.80. The molecule has 2 heterocycles. The molecule has 0 spiro atoms. The standard InChI is InChI=1S/C36H32ClFN4O4.2ClH/c37-25-9-6-22(7-10-25)29-13-11-26(40-36-39-16-17-45-36)18-24(29)21-46-28-12-14-30(31(38)20-28)34-41-32-19-23(35(43)44)8-15-33(32)42(34)27-4-2-1-3-5-27;;/h6-15,18-20,27H,1-5,16-17,21H2,(H,39,40)(H,43,44);2*1H. The average molecular weight is 712 g/mol. The predicted molar refractivity (Wildman–Crippen MR) is 192 cm³/mol. The van der Waals surface area contributed by atoms with Gasteiger partial charge in [0.25, 0.3) is 6.02 Å². The van der Waals surface area contributed by atoms with E-state index < -0.39 is 11.8 Å². The van der Waals surface area contributed by atoms with Gasteiger partial charge in [0.05, 0.1) is 28.7 Å². The van der Waals surface area contributed by atoms with E-state index >= 15 is 4.39 Å². The Balaban J connectivity index is 0.00000225. The van der Waals surface area contributed by atoms with Gasteiger partial charge in [-0.2, -0.15) is 0 Å². The predicted octanol–water partition coefficient (Wildman–Crippen LogP) is 9.59. The van der Waals surface area contributed by atoms with Crippen LogP contribution in [0, 0.1) is 5.82 Å². The Morgan fingerprint density at radius 3 is 2.46 bits per heavy atom. The van der Waals surface area contributed by atoms with Gasteiger partial charge in [0.2, 0.25) is 0 Å². The summed E-state index contributed by atoms with van der Waals surface area (Å²) in [5.74, 6) is -0.620. The first kappa shape index (κ1) is 35.0. The summed E-state index contributed by atoms with van der Waals surface area (Å²) in [6.45, 7) is 1.34. The Morgan fingerprint density at radius 1 is 0.979 bits per heavy atom. The number of halogens is 4. The van der Waals surface area contributed by atoms with Gasteiger partial charge in [-0.3, -0.25) is 0 Å². The summed E-state index contributed by atoms with van der Waals surface area (Å²) in [4.78, 5) is 20.7. The van der Waals surface area contributed by atoms with Crippen LogP contribution >= 0.6 is 36.4 Å². The van der Waals surface area contributed by atoms with E-state index in [2.05, 4.69) is 14.9 Å². The second kappa shape index (κ2) is 15.3. The highest BCUT2D eigenvalue weighted by Gasteiger charge is 2.25. The van der Waals surface area contributed by atoms with Crippen molar-refractivity contribution in [3.8, 4) is 28.3 Å². The van der Waals surface area contributed by atoms with Gasteiger partial charge in [0.15, 0.2) is 0 Å². The van der Waals surface area contributed by atoms with Crippen molar-refractivity contribution in [1.29, 1.82) is 0 Å². The molecule has 0 atom stereocenters. The zero-order valence-electron chi connectivity index (χ0n) is 25.8. The number of aliphatic imine (C=N–C) groups is 1. The molecule has 12 heteroatoms. The number of aromatic carboxylic acids is 1. The monoisotopic (exact) mass is 710 g/mol. The first-order valence-corrected chi connectivity index (χ1v) is 15.8. The molecule has 2 N–H and O–H groups in total. The summed E-state index contributed by atoms with van der Waals surface area (Å²) in [7, 11) is 0. The van der Waals surface area contributed by atoms with Crippen molar-refractivity contribution in [3.05, 3.63) is 101 Å². The highest BCUT2D eigenvalue weighted by Crippen LogP contribution is 2.38. The minimum Gasteiger partial charge on any atom is -0.489 e. The fourth-order valence-electron chi connectivity index (χ4n) is 6.29. The summed E-state index contributed by atoms with van der Waals surface area (Å²) in [6, 6.07) is 23.9. The van der Waals surface area contributed by atoms with Gasteiger partial charge in [0, 0.05) is 22.8 Å². The van der Waals surface area contributed by atoms with E-state index in [1.165, 1.54) is 12.5 Å². The smallest absolute Gasteiger partial charge is 0.335 e. The summed E-state index contributed by atoms with van der Waals surface area (Å²) in [6.07, 6.45) is 5.27. The number of hydrogen-bond acceptors (Lipinski definition) is 6. The number of benzene rings is 4. The van der Waals surface area contributed by atoms with Crippen LogP contribution in [-0.4, -0.2) is 39.8 Å². The molecule has 2 aliphatic rings. The molecule has 1 fully saturated rings. The maximum absolute atomic E-state index is 15.9. The Morgan fingerprint density at radius 2 is 1.75 bits per heavy atom. The van der Waals surface area contributed by atoms with Gasteiger partial charge in [0.1, 0.15) is 30.6 Å². The maximum atomic E-state index is 15.9. The van der Waals surface area contributed by atoms with Crippen molar-refractivity contribution in [2.75, 3.05) is 18.5 Å². The van der Waals surface area contributed by atoms with E-state index in [0.717, 1.165) is 53.6 Å². The highest BCUT2D eigenvalue weighted by atomic mass is 35.5. The first-order valence-electron chi connectivity index (χ1n) is 15.4. The Hall–Kier alpha value is -4.31. The number of imidazole rings is 1. The molecule has 0 amide bonds. The fraction of sp³-hybridized carbons (Fsp3) is 0.250. The van der Waals surface area contributed by atoms with Crippen LogP contribution in [0.5, 0.6) is 5.75 Å². The van der Waals surface area contributed by atoms with Crippen LogP contribution in [-0.2, 0) is 11.3 Å². The Labute approximate surface area is 294 Å². The van der Waals surface area contributed by atoms with Crippen LogP contribution in [0.25, 0.3) is 33.5 Å². The number of anilines is 1. The number of amidine groups is 1. The number of carboxylic acid groups (broad SMARTS) is 1. The first-order chi connectivity index (χ1) is 22.4. The van der Waals surface area contributed by atoms with Gasteiger partial charge in [-0.05, 0) is 84.1 Å². The second-order valence-corrected chi connectivity index (χ2v) is 12.0. The number of hydrogen-bond donors (Lipinski definition) is 2. The number of carboxylic acids is 1. The molecule has 8 nitrogen and oxygen atoms in total. The van der Waals surface area contributed by atoms with Crippen LogP contribution < -0.4 is 10.1 Å². The van der Waals surface area contributed by atoms with E-state index in [4.69, 9.17) is 26.1 Å². The topological polar surface area (TPSA) is 98.0 Å². The van der Waals surface area contributed by atoms with Crippen molar-refractivity contribution >= 4 is 65.1 Å². The van der Waals surface area contributed by atoms with Gasteiger partial charge < -0.3 is 24.5 Å². The van der Waals surface area contributed by atoms with Crippen molar-refractivity contribution in [3.63, 3.8) is 0 Å². The van der Waals surface area contributed by atoms with E-state index in [1.54, 1.807) is 30.3 Å². The van der Waals surface area contributed by atoms with Crippen LogP contribution in [0.1, 0.15) is 54.1 Å². The fourth-order valence-corrected chi connectivity index (χ4v) is 6.42. The second-order valence-electron chi connectivity index (χ2n) is 11.6. The van der Waals surface area contributed by atoms with Crippen LogP contribution in [0.4, 0.5) is 10.1 Å². The number of ether oxygens (including phenoxy) is 2. The zero-order valence-corrected chi connectivity index (χ0v) is 28.2. The van der Waals surface area contributed by atoms with Gasteiger partial charge in [-0.1, -0.05) is 49.1 Å². The van der Waals surface area contributed by atoms with Gasteiger partial charge in [-0.25, -0.2) is 19.2 Å². The molecule has 1 aromatic heterocycles. The summed E-state index contributed by atoms with van der Waals surface area (Å²) in [5, 5.41) is 13.4. The van der Waals surface area contributed by atoms with Crippen LogP contribution in [0.15, 0.2) is 83.9 Å². The van der Waals surface area contributed by atoms with E-state index in [0.29, 0.717) is 46.9 Å². The molecule has 5 aromatic rings. The molecule has 48 heavy (non-hydrogen) atoms. The number of rotatable bonds is 8. The molecule has 1 aliphatic heterocycles. The SMILES string of the molecule is Cl.Cl.O=C(O)c1ccc2c(c1)nc(-c1ccc(OCc3cc(NC4=NCCO4)ccc3-c3ccc(Cl)cc3)cc1F)n2C1CCCCC1. The normalized spacial score (nSPS) is 14.4. The van der Waals surface area contributed by atoms with Crippen LogP contribution in [0.3, 0.4) is 0 Å². The van der Waals surface area contributed by atoms with E-state index in [1.807, 2.05) is 42.5 Å². The molecule has 0 saturated heterocycles. The lowest BCUT2D eigenvalue weighted by Gasteiger charge is -2.25. The molecule has 0 radical (unpaired) electrons. The van der Waals surface area contributed by atoms with Crippen LogP contribution in [0.2, 0.25) is 5.02 Å².